The van der Waals surface area contributed by atoms with Gasteiger partial charge in [0.2, 0.25) is 0 Å². The van der Waals surface area contributed by atoms with E-state index in [1.807, 2.05) is 30.3 Å². The van der Waals surface area contributed by atoms with Crippen LogP contribution in [0.4, 0.5) is 0 Å². The zero-order valence-corrected chi connectivity index (χ0v) is 18.6. The lowest BCUT2D eigenvalue weighted by Gasteiger charge is -2.25. The van der Waals surface area contributed by atoms with Crippen molar-refractivity contribution in [1.29, 1.82) is 0 Å². The maximum atomic E-state index is 10.3. The first-order valence-electron chi connectivity index (χ1n) is 11.7. The zero-order valence-electron chi connectivity index (χ0n) is 18.6. The number of hydrogen-bond donors (Lipinski definition) is 1. The van der Waals surface area contributed by atoms with Gasteiger partial charge in [0, 0.05) is 28.1 Å². The minimum Gasteiger partial charge on any atom is -0.507 e. The summed E-state index contributed by atoms with van der Waals surface area (Å²) in [6.45, 7) is 0. The summed E-state index contributed by atoms with van der Waals surface area (Å²) in [5.41, 5.74) is 4.93. The van der Waals surface area contributed by atoms with E-state index in [4.69, 9.17) is 4.74 Å². The van der Waals surface area contributed by atoms with Gasteiger partial charge in [-0.1, -0.05) is 97.1 Å². The summed E-state index contributed by atoms with van der Waals surface area (Å²) in [6, 6.07) is 35.6. The van der Waals surface area contributed by atoms with Gasteiger partial charge in [-0.25, -0.2) is 0 Å². The summed E-state index contributed by atoms with van der Waals surface area (Å²) < 4.78 is 6.66. The molecule has 6 aromatic carbocycles. The van der Waals surface area contributed by atoms with Gasteiger partial charge in [-0.15, -0.1) is 0 Å². The first-order valence-corrected chi connectivity index (χ1v) is 11.7. The van der Waals surface area contributed by atoms with E-state index in [0.717, 1.165) is 45.9 Å². The van der Waals surface area contributed by atoms with Crippen LogP contribution in [0.2, 0.25) is 0 Å². The van der Waals surface area contributed by atoms with Gasteiger partial charge in [0.15, 0.2) is 0 Å². The van der Waals surface area contributed by atoms with Crippen LogP contribution in [0.3, 0.4) is 0 Å². The van der Waals surface area contributed by atoms with Gasteiger partial charge in [0.05, 0.1) is 0 Å². The third-order valence-electron chi connectivity index (χ3n) is 7.08. The molecule has 34 heavy (non-hydrogen) atoms. The third kappa shape index (κ3) is 2.89. The highest BCUT2D eigenvalue weighted by Gasteiger charge is 2.23. The molecule has 0 spiro atoms. The number of rotatable bonds is 2. The highest BCUT2D eigenvalue weighted by molar-refractivity contribution is 5.97. The average Bonchev–Trinajstić information content (AvgIpc) is 2.89. The second-order valence-corrected chi connectivity index (χ2v) is 9.09. The Balaban J connectivity index is 1.40. The molecule has 0 fully saturated rings. The predicted molar refractivity (Wildman–Crippen MR) is 139 cm³/mol. The van der Waals surface area contributed by atoms with Gasteiger partial charge < -0.3 is 9.84 Å². The lowest BCUT2D eigenvalue weighted by Crippen LogP contribution is -2.06. The summed E-state index contributed by atoms with van der Waals surface area (Å²) in [5, 5.41) is 17.1. The van der Waals surface area contributed by atoms with E-state index in [1.165, 1.54) is 33.0 Å². The molecule has 1 N–H and O–H groups in total. The molecule has 6 aromatic rings. The second-order valence-electron chi connectivity index (χ2n) is 9.09. The van der Waals surface area contributed by atoms with Crippen LogP contribution in [0, 0.1) is 0 Å². The molecule has 0 amide bonds. The van der Waals surface area contributed by atoms with E-state index >= 15 is 0 Å². The highest BCUT2D eigenvalue weighted by atomic mass is 16.5. The third-order valence-corrected chi connectivity index (χ3v) is 7.08. The lowest BCUT2D eigenvalue weighted by molar-refractivity contribution is 0.471. The smallest absolute Gasteiger partial charge is 0.138 e. The molecular weight excluding hydrogens is 416 g/mol. The monoisotopic (exact) mass is 438 g/mol. The maximum Gasteiger partial charge on any atom is 0.138 e. The molecule has 0 unspecified atom stereocenters. The van der Waals surface area contributed by atoms with Crippen molar-refractivity contribution in [2.75, 3.05) is 0 Å². The molecule has 7 rings (SSSR count). The van der Waals surface area contributed by atoms with E-state index in [2.05, 4.69) is 72.8 Å². The molecule has 0 bridgehead atoms. The van der Waals surface area contributed by atoms with Gasteiger partial charge in [-0.2, -0.15) is 0 Å². The fourth-order valence-corrected chi connectivity index (χ4v) is 5.45. The minimum atomic E-state index is 0.326. The van der Waals surface area contributed by atoms with E-state index in [9.17, 15) is 5.11 Å². The predicted octanol–water partition coefficient (Wildman–Crippen LogP) is 8.14. The Bertz CT molecular complexity index is 1750. The Hall–Kier alpha value is -4.30. The summed E-state index contributed by atoms with van der Waals surface area (Å²) in [6.07, 6.45) is 1.64. The number of phenolic OH excluding ortho intramolecular Hbond substituents is 1. The molecule has 2 heteroatoms. The summed E-state index contributed by atoms with van der Waals surface area (Å²) in [5.74, 6) is 2.28. The Morgan fingerprint density at radius 3 is 2.03 bits per heavy atom. The standard InChI is InChI=1S/C32H22O2/c33-30-16-15-21(25-8-3-5-11-28(25)30)17-23-19-24-18-22-14-13-20-7-1-2-10-27(20)31(22)34-32(24)29-12-6-4-9-26(23)29/h1-16,19,33H,17-18H2. The van der Waals surface area contributed by atoms with Crippen molar-refractivity contribution in [2.45, 2.75) is 12.8 Å². The van der Waals surface area contributed by atoms with E-state index in [0.29, 0.717) is 5.75 Å². The molecule has 1 aliphatic rings. The summed E-state index contributed by atoms with van der Waals surface area (Å²) in [4.78, 5) is 0. The largest absolute Gasteiger partial charge is 0.507 e. The lowest BCUT2D eigenvalue weighted by atomic mass is 9.89. The van der Waals surface area contributed by atoms with Crippen molar-refractivity contribution < 1.29 is 9.84 Å². The van der Waals surface area contributed by atoms with Crippen molar-refractivity contribution >= 4 is 32.3 Å². The number of fused-ring (bicyclic) bond motifs is 7. The number of aromatic hydroxyl groups is 1. The van der Waals surface area contributed by atoms with Gasteiger partial charge >= 0.3 is 0 Å². The summed E-state index contributed by atoms with van der Waals surface area (Å²) in [7, 11) is 0. The van der Waals surface area contributed by atoms with E-state index in [-0.39, 0.29) is 0 Å². The zero-order chi connectivity index (χ0) is 22.6. The molecule has 1 aliphatic heterocycles. The Kier molecular flexibility index (Phi) is 4.16. The van der Waals surface area contributed by atoms with Crippen molar-refractivity contribution in [1.82, 2.24) is 0 Å². The van der Waals surface area contributed by atoms with Crippen LogP contribution < -0.4 is 4.74 Å². The molecule has 0 saturated carbocycles. The Morgan fingerprint density at radius 2 is 1.21 bits per heavy atom. The van der Waals surface area contributed by atoms with Gasteiger partial charge in [0.1, 0.15) is 17.2 Å². The van der Waals surface area contributed by atoms with Crippen LogP contribution in [-0.2, 0) is 12.8 Å². The van der Waals surface area contributed by atoms with E-state index in [1.54, 1.807) is 0 Å². The second kappa shape index (κ2) is 7.36. The van der Waals surface area contributed by atoms with Gasteiger partial charge in [0.25, 0.3) is 0 Å². The molecule has 2 nitrogen and oxygen atoms in total. The molecule has 0 aliphatic carbocycles. The van der Waals surface area contributed by atoms with Gasteiger partial charge in [-0.3, -0.25) is 0 Å². The van der Waals surface area contributed by atoms with Crippen LogP contribution >= 0.6 is 0 Å². The molecular formula is C32H22O2. The minimum absolute atomic E-state index is 0.326. The first-order chi connectivity index (χ1) is 16.8. The topological polar surface area (TPSA) is 29.5 Å². The Morgan fingerprint density at radius 1 is 0.559 bits per heavy atom. The normalized spacial score (nSPS) is 12.5. The number of phenols is 1. The van der Waals surface area contributed by atoms with Crippen LogP contribution in [0.25, 0.3) is 32.3 Å². The number of benzene rings is 6. The molecule has 0 atom stereocenters. The van der Waals surface area contributed by atoms with E-state index < -0.39 is 0 Å². The van der Waals surface area contributed by atoms with Crippen LogP contribution in [0.1, 0.15) is 22.3 Å². The fourth-order valence-electron chi connectivity index (χ4n) is 5.45. The average molecular weight is 439 g/mol. The first kappa shape index (κ1) is 19.2. The van der Waals surface area contributed by atoms with Crippen molar-refractivity contribution in [3.8, 4) is 17.2 Å². The Labute approximate surface area is 197 Å². The quantitative estimate of drug-likeness (QED) is 0.295. The SMILES string of the molecule is Oc1ccc(Cc2cc3c(c4ccccc24)Oc2c(ccc4ccccc24)C3)c2ccccc12. The molecule has 0 aromatic heterocycles. The molecule has 0 radical (unpaired) electrons. The summed E-state index contributed by atoms with van der Waals surface area (Å²) >= 11 is 0. The van der Waals surface area contributed by atoms with Crippen molar-refractivity contribution in [3.63, 3.8) is 0 Å². The van der Waals surface area contributed by atoms with Crippen LogP contribution in [-0.4, -0.2) is 5.11 Å². The van der Waals surface area contributed by atoms with Crippen LogP contribution in [0.5, 0.6) is 17.2 Å². The van der Waals surface area contributed by atoms with Crippen LogP contribution in [0.15, 0.2) is 103 Å². The fraction of sp³-hybridized carbons (Fsp3) is 0.0625. The molecule has 162 valence electrons. The molecule has 1 heterocycles. The number of ether oxygens (including phenoxy) is 1. The maximum absolute atomic E-state index is 10.3. The highest BCUT2D eigenvalue weighted by Crippen LogP contribution is 2.45. The van der Waals surface area contributed by atoms with Crippen molar-refractivity contribution in [2.24, 2.45) is 0 Å². The number of hydrogen-bond acceptors (Lipinski definition) is 2. The van der Waals surface area contributed by atoms with Gasteiger partial charge in [-0.05, 0) is 45.3 Å². The van der Waals surface area contributed by atoms with Crippen molar-refractivity contribution in [3.05, 3.63) is 125 Å². The molecule has 0 saturated heterocycles.